The van der Waals surface area contributed by atoms with Crippen molar-refractivity contribution in [2.75, 3.05) is 26.3 Å². The highest BCUT2D eigenvalue weighted by molar-refractivity contribution is 14.0. The van der Waals surface area contributed by atoms with Gasteiger partial charge in [0.2, 0.25) is 0 Å². The Balaban J connectivity index is 0.00000280. The molecule has 2 heterocycles. The number of ether oxygens (including phenoxy) is 1. The number of guanidine groups is 1. The molecule has 0 spiro atoms. The Morgan fingerprint density at radius 2 is 2.00 bits per heavy atom. The van der Waals surface area contributed by atoms with Crippen LogP contribution in [0.2, 0.25) is 5.02 Å². The van der Waals surface area contributed by atoms with Crippen molar-refractivity contribution < 1.29 is 4.74 Å². The number of nitrogens with zero attached hydrogens (tertiary/aromatic N) is 2. The van der Waals surface area contributed by atoms with Crippen LogP contribution >= 0.6 is 35.6 Å². The largest absolute Gasteiger partial charge is 0.381 e. The van der Waals surface area contributed by atoms with E-state index < -0.39 is 0 Å². The van der Waals surface area contributed by atoms with Crippen molar-refractivity contribution in [1.29, 1.82) is 0 Å². The van der Waals surface area contributed by atoms with E-state index in [1.807, 2.05) is 30.3 Å². The Morgan fingerprint density at radius 3 is 2.68 bits per heavy atom. The van der Waals surface area contributed by atoms with Gasteiger partial charge in [-0.3, -0.25) is 4.98 Å². The second-order valence-corrected chi connectivity index (χ2v) is 7.21. The molecule has 1 aromatic heterocycles. The Labute approximate surface area is 189 Å². The number of aliphatic imine (C=N–C) groups is 1. The number of nitrogens with one attached hydrogen (secondary N) is 2. The van der Waals surface area contributed by atoms with Gasteiger partial charge in [-0.1, -0.05) is 29.8 Å². The van der Waals surface area contributed by atoms with Gasteiger partial charge in [0.1, 0.15) is 0 Å². The average molecular weight is 515 g/mol. The Hall–Kier alpha value is -1.38. The summed E-state index contributed by atoms with van der Waals surface area (Å²) in [5, 5.41) is 7.63. The monoisotopic (exact) mass is 514 g/mol. The highest BCUT2D eigenvalue weighted by Crippen LogP contribution is 2.35. The molecule has 0 atom stereocenters. The van der Waals surface area contributed by atoms with Crippen LogP contribution in [0, 0.1) is 0 Å². The van der Waals surface area contributed by atoms with Crippen LogP contribution in [0.4, 0.5) is 0 Å². The minimum atomic E-state index is -0.00958. The summed E-state index contributed by atoms with van der Waals surface area (Å²) >= 11 is 6.26. The van der Waals surface area contributed by atoms with Crippen LogP contribution in [-0.2, 0) is 16.7 Å². The molecule has 2 N–H and O–H groups in total. The number of rotatable bonds is 6. The number of halogens is 2. The minimum absolute atomic E-state index is 0. The van der Waals surface area contributed by atoms with Crippen LogP contribution in [0.3, 0.4) is 0 Å². The van der Waals surface area contributed by atoms with Crippen LogP contribution in [-0.4, -0.2) is 37.2 Å². The smallest absolute Gasteiger partial charge is 0.191 e. The Morgan fingerprint density at radius 1 is 1.18 bits per heavy atom. The summed E-state index contributed by atoms with van der Waals surface area (Å²) in [6, 6.07) is 14.1. The second-order valence-electron chi connectivity index (χ2n) is 6.77. The topological polar surface area (TPSA) is 58.5 Å². The molecule has 0 unspecified atom stereocenters. The van der Waals surface area contributed by atoms with E-state index in [-0.39, 0.29) is 29.4 Å². The molecule has 2 aromatic rings. The zero-order valence-corrected chi connectivity index (χ0v) is 19.2. The lowest BCUT2D eigenvalue weighted by atomic mass is 9.74. The maximum Gasteiger partial charge on any atom is 0.191 e. The molecule has 1 aliphatic heterocycles. The molecule has 0 bridgehead atoms. The zero-order valence-electron chi connectivity index (χ0n) is 16.2. The third-order valence-electron chi connectivity index (χ3n) is 4.95. The standard InChI is InChI=1S/C21H27ClN4O.HI/c1-2-23-20(25-15-19-8-3-4-11-24-19)26-16-21(9-12-27-13-10-21)17-6-5-7-18(22)14-17;/h3-8,11,14H,2,9-10,12-13,15-16H2,1H3,(H2,23,25,26);1H. The summed E-state index contributed by atoms with van der Waals surface area (Å²) < 4.78 is 5.62. The minimum Gasteiger partial charge on any atom is -0.381 e. The van der Waals surface area contributed by atoms with Gasteiger partial charge in [0.25, 0.3) is 0 Å². The number of benzene rings is 1. The van der Waals surface area contributed by atoms with Gasteiger partial charge in [-0.2, -0.15) is 0 Å². The van der Waals surface area contributed by atoms with Crippen molar-refractivity contribution in [2.24, 2.45) is 4.99 Å². The molecule has 3 rings (SSSR count). The van der Waals surface area contributed by atoms with E-state index in [1.54, 1.807) is 6.20 Å². The van der Waals surface area contributed by atoms with E-state index in [1.165, 1.54) is 5.56 Å². The molecule has 0 aliphatic carbocycles. The highest BCUT2D eigenvalue weighted by atomic mass is 127. The first-order valence-corrected chi connectivity index (χ1v) is 9.85. The van der Waals surface area contributed by atoms with E-state index in [0.29, 0.717) is 6.54 Å². The van der Waals surface area contributed by atoms with Gasteiger partial charge in [0, 0.05) is 42.9 Å². The van der Waals surface area contributed by atoms with Crippen molar-refractivity contribution >= 4 is 41.5 Å². The van der Waals surface area contributed by atoms with E-state index >= 15 is 0 Å². The summed E-state index contributed by atoms with van der Waals surface area (Å²) in [5.41, 5.74) is 2.20. The lowest BCUT2D eigenvalue weighted by Crippen LogP contribution is -2.48. The van der Waals surface area contributed by atoms with E-state index in [4.69, 9.17) is 16.3 Å². The van der Waals surface area contributed by atoms with Crippen molar-refractivity contribution in [3.63, 3.8) is 0 Å². The van der Waals surface area contributed by atoms with Crippen LogP contribution in [0.1, 0.15) is 31.0 Å². The lowest BCUT2D eigenvalue weighted by Gasteiger charge is -2.38. The SMILES string of the molecule is CCNC(=NCc1ccccn1)NCC1(c2cccc(Cl)c2)CCOCC1.I. The molecule has 1 aliphatic rings. The van der Waals surface area contributed by atoms with Gasteiger partial charge in [-0.15, -0.1) is 24.0 Å². The average Bonchev–Trinajstić information content (AvgIpc) is 2.71. The highest BCUT2D eigenvalue weighted by Gasteiger charge is 2.34. The maximum atomic E-state index is 6.26. The second kappa shape index (κ2) is 11.6. The molecule has 1 aromatic carbocycles. The summed E-state index contributed by atoms with van der Waals surface area (Å²) in [4.78, 5) is 9.02. The quantitative estimate of drug-likeness (QED) is 0.345. The number of pyridine rings is 1. The summed E-state index contributed by atoms with van der Waals surface area (Å²) in [5.74, 6) is 0.802. The fourth-order valence-electron chi connectivity index (χ4n) is 3.39. The van der Waals surface area contributed by atoms with Crippen LogP contribution in [0.5, 0.6) is 0 Å². The van der Waals surface area contributed by atoms with E-state index in [0.717, 1.165) is 55.8 Å². The van der Waals surface area contributed by atoms with Crippen molar-refractivity contribution in [3.8, 4) is 0 Å². The molecule has 1 saturated heterocycles. The molecule has 5 nitrogen and oxygen atoms in total. The molecule has 0 amide bonds. The lowest BCUT2D eigenvalue weighted by molar-refractivity contribution is 0.0514. The fourth-order valence-corrected chi connectivity index (χ4v) is 3.58. The summed E-state index contributed by atoms with van der Waals surface area (Å²) in [6.45, 7) is 5.72. The molecule has 0 radical (unpaired) electrons. The fraction of sp³-hybridized carbons (Fsp3) is 0.429. The van der Waals surface area contributed by atoms with Gasteiger partial charge in [-0.05, 0) is 49.6 Å². The predicted molar refractivity (Wildman–Crippen MR) is 126 cm³/mol. The first-order valence-electron chi connectivity index (χ1n) is 9.48. The summed E-state index contributed by atoms with van der Waals surface area (Å²) in [7, 11) is 0. The van der Waals surface area contributed by atoms with Gasteiger partial charge in [0.05, 0.1) is 12.2 Å². The zero-order chi connectivity index (χ0) is 19.0. The van der Waals surface area contributed by atoms with Gasteiger partial charge >= 0.3 is 0 Å². The Kier molecular flexibility index (Phi) is 9.47. The molecular formula is C21H28ClIN4O. The third kappa shape index (κ3) is 6.32. The van der Waals surface area contributed by atoms with Gasteiger partial charge < -0.3 is 15.4 Å². The van der Waals surface area contributed by atoms with Crippen LogP contribution < -0.4 is 10.6 Å². The third-order valence-corrected chi connectivity index (χ3v) is 5.19. The first-order chi connectivity index (χ1) is 13.2. The number of aromatic nitrogens is 1. The molecular weight excluding hydrogens is 487 g/mol. The predicted octanol–water partition coefficient (Wildman–Crippen LogP) is 4.16. The van der Waals surface area contributed by atoms with Crippen LogP contribution in [0.15, 0.2) is 53.7 Å². The molecule has 28 heavy (non-hydrogen) atoms. The van der Waals surface area contributed by atoms with Crippen LogP contribution in [0.25, 0.3) is 0 Å². The molecule has 0 saturated carbocycles. The molecule has 1 fully saturated rings. The van der Waals surface area contributed by atoms with Crippen molar-refractivity contribution in [3.05, 3.63) is 64.9 Å². The van der Waals surface area contributed by atoms with E-state index in [9.17, 15) is 0 Å². The maximum absolute atomic E-state index is 6.26. The number of hydrogen-bond acceptors (Lipinski definition) is 3. The summed E-state index contributed by atoms with van der Waals surface area (Å²) in [6.07, 6.45) is 3.71. The number of hydrogen-bond donors (Lipinski definition) is 2. The normalized spacial score (nSPS) is 16.1. The van der Waals surface area contributed by atoms with Gasteiger partial charge in [0.15, 0.2) is 5.96 Å². The molecule has 7 heteroatoms. The van der Waals surface area contributed by atoms with Crippen molar-refractivity contribution in [1.82, 2.24) is 15.6 Å². The van der Waals surface area contributed by atoms with Crippen molar-refractivity contribution in [2.45, 2.75) is 31.7 Å². The Bertz CT molecular complexity index is 751. The van der Waals surface area contributed by atoms with Gasteiger partial charge in [-0.25, -0.2) is 4.99 Å². The van der Waals surface area contributed by atoms with E-state index in [2.05, 4.69) is 39.7 Å². The molecule has 152 valence electrons. The first kappa shape index (κ1) is 22.9.